The van der Waals surface area contributed by atoms with Gasteiger partial charge in [0, 0.05) is 26.0 Å². The number of rotatable bonds is 4. The minimum Gasteiger partial charge on any atom is -0.489 e. The maximum atomic E-state index is 13.0. The van der Waals surface area contributed by atoms with E-state index in [0.29, 0.717) is 35.1 Å². The van der Waals surface area contributed by atoms with Crippen LogP contribution in [0.2, 0.25) is 0 Å². The van der Waals surface area contributed by atoms with Gasteiger partial charge in [-0.05, 0) is 38.8 Å². The number of piperidine rings is 1. The van der Waals surface area contributed by atoms with Crippen LogP contribution >= 0.6 is 0 Å². The number of aryl methyl sites for hydroxylation is 2. The zero-order valence-corrected chi connectivity index (χ0v) is 15.0. The summed E-state index contributed by atoms with van der Waals surface area (Å²) in [5.74, 6) is 0.711. The summed E-state index contributed by atoms with van der Waals surface area (Å²) in [6.07, 6.45) is 4.77. The molecule has 1 fully saturated rings. The zero-order chi connectivity index (χ0) is 17.3. The van der Waals surface area contributed by atoms with E-state index in [1.165, 1.54) is 4.31 Å². The Bertz CT molecular complexity index is 817. The molecule has 0 aliphatic carbocycles. The molecule has 3 rings (SSSR count). The molecule has 0 aromatic carbocycles. The minimum absolute atomic E-state index is 0.159. The van der Waals surface area contributed by atoms with Crippen molar-refractivity contribution < 1.29 is 13.2 Å². The molecule has 0 radical (unpaired) electrons. The average molecular weight is 350 g/mol. The van der Waals surface area contributed by atoms with Gasteiger partial charge in [-0.25, -0.2) is 8.42 Å². The molecule has 130 valence electrons. The standard InChI is InChI=1S/C16H22N4O3S/c1-12-16(13(2)19(3)18-12)24(21,22)20-10-4-5-15(11-20)23-14-6-8-17-9-7-14/h6-9,15H,4-5,10-11H2,1-3H3. The van der Waals surface area contributed by atoms with Crippen LogP contribution in [-0.4, -0.2) is 46.7 Å². The number of nitrogens with zero attached hydrogens (tertiary/aromatic N) is 4. The molecule has 1 aliphatic rings. The highest BCUT2D eigenvalue weighted by molar-refractivity contribution is 7.89. The largest absolute Gasteiger partial charge is 0.489 e. The molecule has 1 atom stereocenters. The van der Waals surface area contributed by atoms with Crippen molar-refractivity contribution in [2.24, 2.45) is 7.05 Å². The number of hydrogen-bond acceptors (Lipinski definition) is 5. The fraction of sp³-hybridized carbons (Fsp3) is 0.500. The Morgan fingerprint density at radius 2 is 1.96 bits per heavy atom. The first-order chi connectivity index (χ1) is 11.4. The normalized spacial score (nSPS) is 19.4. The van der Waals surface area contributed by atoms with Crippen molar-refractivity contribution in [1.82, 2.24) is 19.1 Å². The van der Waals surface area contributed by atoms with Crippen LogP contribution in [0.4, 0.5) is 0 Å². The van der Waals surface area contributed by atoms with Crippen molar-refractivity contribution in [3.63, 3.8) is 0 Å². The van der Waals surface area contributed by atoms with Crippen molar-refractivity contribution in [2.75, 3.05) is 13.1 Å². The van der Waals surface area contributed by atoms with Gasteiger partial charge in [0.1, 0.15) is 16.7 Å². The monoisotopic (exact) mass is 350 g/mol. The quantitative estimate of drug-likeness (QED) is 0.838. The summed E-state index contributed by atoms with van der Waals surface area (Å²) in [4.78, 5) is 4.27. The Balaban J connectivity index is 1.81. The molecule has 24 heavy (non-hydrogen) atoms. The van der Waals surface area contributed by atoms with Crippen LogP contribution in [0, 0.1) is 13.8 Å². The molecule has 2 aromatic rings. The maximum absolute atomic E-state index is 13.0. The maximum Gasteiger partial charge on any atom is 0.246 e. The van der Waals surface area contributed by atoms with Crippen molar-refractivity contribution >= 4 is 10.0 Å². The van der Waals surface area contributed by atoms with E-state index < -0.39 is 10.0 Å². The summed E-state index contributed by atoms with van der Waals surface area (Å²) in [7, 11) is -1.81. The number of pyridine rings is 1. The second kappa shape index (κ2) is 6.52. The highest BCUT2D eigenvalue weighted by Crippen LogP contribution is 2.27. The van der Waals surface area contributed by atoms with E-state index in [-0.39, 0.29) is 6.10 Å². The van der Waals surface area contributed by atoms with Gasteiger partial charge in [0.25, 0.3) is 0 Å². The highest BCUT2D eigenvalue weighted by Gasteiger charge is 2.34. The van der Waals surface area contributed by atoms with Crippen LogP contribution in [0.15, 0.2) is 29.4 Å². The van der Waals surface area contributed by atoms with E-state index in [1.807, 2.05) is 0 Å². The van der Waals surface area contributed by atoms with E-state index in [1.54, 1.807) is 50.1 Å². The van der Waals surface area contributed by atoms with Gasteiger partial charge in [-0.3, -0.25) is 9.67 Å². The third kappa shape index (κ3) is 3.16. The average Bonchev–Trinajstić information content (AvgIpc) is 2.81. The first kappa shape index (κ1) is 16.9. The van der Waals surface area contributed by atoms with Gasteiger partial charge in [0.05, 0.1) is 17.9 Å². The first-order valence-electron chi connectivity index (χ1n) is 7.96. The highest BCUT2D eigenvalue weighted by atomic mass is 32.2. The van der Waals surface area contributed by atoms with Gasteiger partial charge in [0.2, 0.25) is 10.0 Å². The molecule has 3 heterocycles. The van der Waals surface area contributed by atoms with Gasteiger partial charge in [-0.1, -0.05) is 0 Å². The molecular weight excluding hydrogens is 328 g/mol. The van der Waals surface area contributed by atoms with E-state index in [4.69, 9.17) is 4.74 Å². The molecule has 0 spiro atoms. The molecule has 0 amide bonds. The molecule has 0 saturated carbocycles. The molecule has 0 N–H and O–H groups in total. The zero-order valence-electron chi connectivity index (χ0n) is 14.1. The molecule has 1 unspecified atom stereocenters. The molecule has 1 aliphatic heterocycles. The van der Waals surface area contributed by atoms with Crippen LogP contribution in [0.25, 0.3) is 0 Å². The fourth-order valence-corrected chi connectivity index (χ4v) is 5.00. The van der Waals surface area contributed by atoms with E-state index in [2.05, 4.69) is 10.1 Å². The van der Waals surface area contributed by atoms with Gasteiger partial charge in [-0.2, -0.15) is 9.40 Å². The summed E-state index contributed by atoms with van der Waals surface area (Å²) in [6, 6.07) is 3.56. The van der Waals surface area contributed by atoms with Crippen molar-refractivity contribution in [3.8, 4) is 5.75 Å². The molecule has 0 bridgehead atoms. The number of sulfonamides is 1. The van der Waals surface area contributed by atoms with Crippen LogP contribution < -0.4 is 4.74 Å². The Labute approximate surface area is 142 Å². The van der Waals surface area contributed by atoms with Gasteiger partial charge < -0.3 is 4.74 Å². The van der Waals surface area contributed by atoms with Crippen molar-refractivity contribution in [3.05, 3.63) is 35.9 Å². The van der Waals surface area contributed by atoms with E-state index in [9.17, 15) is 8.42 Å². The molecule has 1 saturated heterocycles. The van der Waals surface area contributed by atoms with Crippen LogP contribution in [0.5, 0.6) is 5.75 Å². The third-order valence-electron chi connectivity index (χ3n) is 4.33. The van der Waals surface area contributed by atoms with Gasteiger partial charge in [-0.15, -0.1) is 0 Å². The third-order valence-corrected chi connectivity index (χ3v) is 6.45. The lowest BCUT2D eigenvalue weighted by Gasteiger charge is -2.32. The summed E-state index contributed by atoms with van der Waals surface area (Å²) in [5, 5.41) is 4.23. The molecule has 8 heteroatoms. The Hall–Kier alpha value is -1.93. The lowest BCUT2D eigenvalue weighted by molar-refractivity contribution is 0.129. The topological polar surface area (TPSA) is 77.3 Å². The van der Waals surface area contributed by atoms with Crippen LogP contribution in [0.3, 0.4) is 0 Å². The molecule has 7 nitrogen and oxygen atoms in total. The molecule has 2 aromatic heterocycles. The predicted molar refractivity (Wildman–Crippen MR) is 89.3 cm³/mol. The fourth-order valence-electron chi connectivity index (χ4n) is 3.09. The Morgan fingerprint density at radius 3 is 2.58 bits per heavy atom. The van der Waals surface area contributed by atoms with Gasteiger partial charge >= 0.3 is 0 Å². The van der Waals surface area contributed by atoms with E-state index in [0.717, 1.165) is 12.8 Å². The van der Waals surface area contributed by atoms with Crippen LogP contribution in [-0.2, 0) is 17.1 Å². The van der Waals surface area contributed by atoms with Crippen molar-refractivity contribution in [1.29, 1.82) is 0 Å². The lowest BCUT2D eigenvalue weighted by Crippen LogP contribution is -2.44. The number of hydrogen-bond donors (Lipinski definition) is 0. The Kier molecular flexibility index (Phi) is 4.60. The minimum atomic E-state index is -3.57. The molecular formula is C16H22N4O3S. The summed E-state index contributed by atoms with van der Waals surface area (Å²) >= 11 is 0. The van der Waals surface area contributed by atoms with E-state index >= 15 is 0 Å². The smallest absolute Gasteiger partial charge is 0.246 e. The van der Waals surface area contributed by atoms with Crippen LogP contribution in [0.1, 0.15) is 24.2 Å². The SMILES string of the molecule is Cc1nn(C)c(C)c1S(=O)(=O)N1CCCC(Oc2ccncc2)C1. The summed E-state index contributed by atoms with van der Waals surface area (Å²) in [5.41, 5.74) is 1.19. The summed E-state index contributed by atoms with van der Waals surface area (Å²) < 4.78 is 35.1. The predicted octanol–water partition coefficient (Wildman–Crippen LogP) is 1.66. The van der Waals surface area contributed by atoms with Crippen molar-refractivity contribution in [2.45, 2.75) is 37.7 Å². The second-order valence-corrected chi connectivity index (χ2v) is 7.93. The first-order valence-corrected chi connectivity index (χ1v) is 9.40. The summed E-state index contributed by atoms with van der Waals surface area (Å²) in [6.45, 7) is 4.36. The number of ether oxygens (including phenoxy) is 1. The Morgan fingerprint density at radius 1 is 1.25 bits per heavy atom. The van der Waals surface area contributed by atoms with Gasteiger partial charge in [0.15, 0.2) is 0 Å². The second-order valence-electron chi connectivity index (χ2n) is 6.05. The lowest BCUT2D eigenvalue weighted by atomic mass is 10.1. The number of aromatic nitrogens is 3.